The van der Waals surface area contributed by atoms with Gasteiger partial charge in [-0.05, 0) is 25.7 Å². The summed E-state index contributed by atoms with van der Waals surface area (Å²) in [5, 5.41) is 15.7. The highest BCUT2D eigenvalue weighted by Gasteiger charge is 2.25. The van der Waals surface area contributed by atoms with Crippen molar-refractivity contribution in [2.45, 2.75) is 57.0 Å². The lowest BCUT2D eigenvalue weighted by molar-refractivity contribution is -0.121. The van der Waals surface area contributed by atoms with Gasteiger partial charge in [0.25, 0.3) is 0 Å². The smallest absolute Gasteiger partial charge is 0.221 e. The maximum Gasteiger partial charge on any atom is 0.221 e. The van der Waals surface area contributed by atoms with E-state index in [9.17, 15) is 9.90 Å². The second-order valence-corrected chi connectivity index (χ2v) is 6.66. The van der Waals surface area contributed by atoms with Crippen molar-refractivity contribution in [1.29, 1.82) is 0 Å². The van der Waals surface area contributed by atoms with E-state index in [1.165, 1.54) is 19.2 Å². The molecule has 0 radical (unpaired) electrons. The fraction of sp³-hybridized carbons (Fsp3) is 0.706. The molecular weight excluding hydrogens is 306 g/mol. The normalized spacial score (nSPS) is 21.2. The van der Waals surface area contributed by atoms with Crippen LogP contribution >= 0.6 is 0 Å². The van der Waals surface area contributed by atoms with E-state index in [1.54, 1.807) is 0 Å². The molecule has 0 spiro atoms. The first-order chi connectivity index (χ1) is 11.8. The molecule has 1 aliphatic carbocycles. The van der Waals surface area contributed by atoms with Crippen molar-refractivity contribution in [1.82, 2.24) is 15.3 Å². The summed E-state index contributed by atoms with van der Waals surface area (Å²) in [5.41, 5.74) is 0. The molecule has 0 unspecified atom stereocenters. The molecule has 3 N–H and O–H groups in total. The summed E-state index contributed by atoms with van der Waals surface area (Å²) in [4.78, 5) is 22.6. The van der Waals surface area contributed by atoms with Crippen LogP contribution in [0.1, 0.15) is 44.9 Å². The zero-order valence-electron chi connectivity index (χ0n) is 14.1. The Morgan fingerprint density at radius 3 is 2.88 bits per heavy atom. The number of carbonyl (C=O) groups excluding carboxylic acids is 1. The average Bonchev–Trinajstić information content (AvgIpc) is 3.26. The highest BCUT2D eigenvalue weighted by molar-refractivity contribution is 5.76. The SMILES string of the molecule is O=C(CCNc1cc(N2CCC[C@H]2CO)ncn1)NC1CCCC1. The molecule has 1 amide bonds. The van der Waals surface area contributed by atoms with Crippen LogP contribution in [-0.2, 0) is 4.79 Å². The third-order valence-electron chi connectivity index (χ3n) is 4.91. The molecule has 0 bridgehead atoms. The van der Waals surface area contributed by atoms with Gasteiger partial charge in [0.2, 0.25) is 5.91 Å². The van der Waals surface area contributed by atoms with Gasteiger partial charge in [-0.15, -0.1) is 0 Å². The standard InChI is InChI=1S/C17H27N5O2/c23-11-14-6-3-9-22(14)16-10-15(19-12-20-16)18-8-7-17(24)21-13-4-1-2-5-13/h10,12-14,23H,1-9,11H2,(H,21,24)(H,18,19,20)/t14-/m0/s1. The van der Waals surface area contributed by atoms with E-state index >= 15 is 0 Å². The van der Waals surface area contributed by atoms with Crippen LogP contribution in [0.2, 0.25) is 0 Å². The van der Waals surface area contributed by atoms with Crippen LogP contribution in [0.15, 0.2) is 12.4 Å². The number of aliphatic hydroxyl groups excluding tert-OH is 1. The lowest BCUT2D eigenvalue weighted by Gasteiger charge is -2.24. The van der Waals surface area contributed by atoms with E-state index in [0.717, 1.165) is 43.9 Å². The third-order valence-corrected chi connectivity index (χ3v) is 4.91. The second kappa shape index (κ2) is 8.28. The van der Waals surface area contributed by atoms with Crippen molar-refractivity contribution in [3.05, 3.63) is 12.4 Å². The molecule has 0 aromatic carbocycles. The number of anilines is 2. The zero-order valence-corrected chi connectivity index (χ0v) is 14.1. The predicted octanol–water partition coefficient (Wildman–Crippen LogP) is 1.30. The van der Waals surface area contributed by atoms with Gasteiger partial charge < -0.3 is 20.6 Å². The van der Waals surface area contributed by atoms with Gasteiger partial charge in [-0.1, -0.05) is 12.8 Å². The minimum Gasteiger partial charge on any atom is -0.394 e. The number of amides is 1. The summed E-state index contributed by atoms with van der Waals surface area (Å²) >= 11 is 0. The average molecular weight is 333 g/mol. The minimum absolute atomic E-state index is 0.101. The molecule has 7 heteroatoms. The summed E-state index contributed by atoms with van der Waals surface area (Å²) in [7, 11) is 0. The molecule has 132 valence electrons. The zero-order chi connectivity index (χ0) is 16.8. The first-order valence-electron chi connectivity index (χ1n) is 8.99. The van der Waals surface area contributed by atoms with Gasteiger partial charge in [0.15, 0.2) is 0 Å². The first kappa shape index (κ1) is 17.0. The molecule has 1 aromatic rings. The Kier molecular flexibility index (Phi) is 5.85. The van der Waals surface area contributed by atoms with E-state index in [0.29, 0.717) is 19.0 Å². The van der Waals surface area contributed by atoms with Crippen molar-refractivity contribution in [3.63, 3.8) is 0 Å². The van der Waals surface area contributed by atoms with Gasteiger partial charge in [0.1, 0.15) is 18.0 Å². The fourth-order valence-electron chi connectivity index (χ4n) is 3.60. The number of nitrogens with zero attached hydrogens (tertiary/aromatic N) is 3. The molecular formula is C17H27N5O2. The largest absolute Gasteiger partial charge is 0.394 e. The molecule has 7 nitrogen and oxygen atoms in total. The van der Waals surface area contributed by atoms with Crippen molar-refractivity contribution in [3.8, 4) is 0 Å². The van der Waals surface area contributed by atoms with Crippen molar-refractivity contribution in [2.24, 2.45) is 0 Å². The number of rotatable bonds is 7. The van der Waals surface area contributed by atoms with Gasteiger partial charge in [-0.3, -0.25) is 4.79 Å². The van der Waals surface area contributed by atoms with Gasteiger partial charge >= 0.3 is 0 Å². The molecule has 1 atom stereocenters. The molecule has 1 saturated carbocycles. The Morgan fingerprint density at radius 2 is 2.08 bits per heavy atom. The summed E-state index contributed by atoms with van der Waals surface area (Å²) in [6, 6.07) is 2.40. The summed E-state index contributed by atoms with van der Waals surface area (Å²) in [6.07, 6.45) is 8.69. The molecule has 3 rings (SSSR count). The van der Waals surface area contributed by atoms with Gasteiger partial charge in [-0.25, -0.2) is 9.97 Å². The van der Waals surface area contributed by atoms with E-state index < -0.39 is 0 Å². The lowest BCUT2D eigenvalue weighted by Crippen LogP contribution is -2.33. The van der Waals surface area contributed by atoms with Crippen LogP contribution in [0.3, 0.4) is 0 Å². The van der Waals surface area contributed by atoms with Gasteiger partial charge in [0.05, 0.1) is 12.6 Å². The van der Waals surface area contributed by atoms with Gasteiger partial charge in [-0.2, -0.15) is 0 Å². The highest BCUT2D eigenvalue weighted by atomic mass is 16.3. The number of aliphatic hydroxyl groups is 1. The van der Waals surface area contributed by atoms with Crippen LogP contribution < -0.4 is 15.5 Å². The molecule has 1 saturated heterocycles. The van der Waals surface area contributed by atoms with Crippen molar-refractivity contribution < 1.29 is 9.90 Å². The fourth-order valence-corrected chi connectivity index (χ4v) is 3.60. The predicted molar refractivity (Wildman–Crippen MR) is 93.0 cm³/mol. The Labute approximate surface area is 142 Å². The number of hydrogen-bond donors (Lipinski definition) is 3. The third kappa shape index (κ3) is 4.35. The van der Waals surface area contributed by atoms with Crippen molar-refractivity contribution >= 4 is 17.5 Å². The molecule has 2 heterocycles. The molecule has 24 heavy (non-hydrogen) atoms. The topological polar surface area (TPSA) is 90.4 Å². The quantitative estimate of drug-likeness (QED) is 0.697. The number of hydrogen-bond acceptors (Lipinski definition) is 6. The minimum atomic E-state index is 0.101. The van der Waals surface area contributed by atoms with Gasteiger partial charge in [0, 0.05) is 31.6 Å². The summed E-state index contributed by atoms with van der Waals surface area (Å²) in [5.74, 6) is 1.65. The summed E-state index contributed by atoms with van der Waals surface area (Å²) in [6.45, 7) is 1.61. The number of carbonyl (C=O) groups is 1. The Balaban J connectivity index is 1.47. The number of aromatic nitrogens is 2. The van der Waals surface area contributed by atoms with Crippen LogP contribution in [0.25, 0.3) is 0 Å². The van der Waals surface area contributed by atoms with E-state index in [2.05, 4.69) is 25.5 Å². The van der Waals surface area contributed by atoms with Crippen LogP contribution in [0.5, 0.6) is 0 Å². The second-order valence-electron chi connectivity index (χ2n) is 6.66. The van der Waals surface area contributed by atoms with Crippen LogP contribution in [0, 0.1) is 0 Å². The van der Waals surface area contributed by atoms with Crippen LogP contribution in [-0.4, -0.2) is 52.8 Å². The van der Waals surface area contributed by atoms with E-state index in [4.69, 9.17) is 0 Å². The molecule has 1 aliphatic heterocycles. The molecule has 2 fully saturated rings. The Morgan fingerprint density at radius 1 is 1.25 bits per heavy atom. The van der Waals surface area contributed by atoms with Crippen LogP contribution in [0.4, 0.5) is 11.6 Å². The Bertz CT molecular complexity index is 548. The van der Waals surface area contributed by atoms with E-state index in [-0.39, 0.29) is 18.6 Å². The van der Waals surface area contributed by atoms with E-state index in [1.807, 2.05) is 6.07 Å². The first-order valence-corrected chi connectivity index (χ1v) is 8.99. The number of nitrogens with one attached hydrogen (secondary N) is 2. The summed E-state index contributed by atoms with van der Waals surface area (Å²) < 4.78 is 0. The lowest BCUT2D eigenvalue weighted by atomic mass is 10.2. The molecule has 2 aliphatic rings. The monoisotopic (exact) mass is 333 g/mol. The highest BCUT2D eigenvalue weighted by Crippen LogP contribution is 2.24. The Hall–Kier alpha value is -1.89. The maximum absolute atomic E-state index is 11.9. The van der Waals surface area contributed by atoms with Crippen molar-refractivity contribution in [2.75, 3.05) is 29.9 Å². The molecule has 1 aromatic heterocycles. The maximum atomic E-state index is 11.9.